The monoisotopic (exact) mass is 292 g/mol. The largest absolute Gasteiger partial charge is 0.477 e. The molecule has 1 aliphatic heterocycles. The number of carboxylic acid groups (broad SMARTS) is 1. The van der Waals surface area contributed by atoms with E-state index in [1.165, 1.54) is 6.07 Å². The summed E-state index contributed by atoms with van der Waals surface area (Å²) in [6.45, 7) is 4.50. The third-order valence-electron chi connectivity index (χ3n) is 3.58. The van der Waals surface area contributed by atoms with E-state index in [0.717, 1.165) is 24.9 Å². The number of hydrogen-bond acceptors (Lipinski definition) is 5. The molecule has 0 aliphatic carbocycles. The Morgan fingerprint density at radius 3 is 2.90 bits per heavy atom. The number of carbonyl (C=O) groups is 2. The van der Waals surface area contributed by atoms with Gasteiger partial charge in [-0.1, -0.05) is 6.07 Å². The number of piperidine rings is 1. The highest BCUT2D eigenvalue weighted by Crippen LogP contribution is 2.19. The number of nitrogens with zero attached hydrogens (tertiary/aromatic N) is 2. The summed E-state index contributed by atoms with van der Waals surface area (Å²) in [5, 5.41) is 8.82. The fraction of sp³-hybridized carbons (Fsp3) is 0.533. The molecule has 6 heteroatoms. The van der Waals surface area contributed by atoms with Crippen LogP contribution in [-0.4, -0.2) is 46.6 Å². The van der Waals surface area contributed by atoms with Gasteiger partial charge in [0.05, 0.1) is 12.5 Å². The van der Waals surface area contributed by atoms with Gasteiger partial charge in [-0.2, -0.15) is 0 Å². The Hall–Kier alpha value is -1.95. The average Bonchev–Trinajstić information content (AvgIpc) is 2.48. The molecular formula is C15H20N2O4. The van der Waals surface area contributed by atoms with Gasteiger partial charge in [0.2, 0.25) is 0 Å². The summed E-state index contributed by atoms with van der Waals surface area (Å²) in [6.07, 6.45) is 3.41. The van der Waals surface area contributed by atoms with E-state index in [9.17, 15) is 9.59 Å². The summed E-state index contributed by atoms with van der Waals surface area (Å²) in [4.78, 5) is 28.6. The molecule has 114 valence electrons. The topological polar surface area (TPSA) is 79.7 Å². The van der Waals surface area contributed by atoms with Gasteiger partial charge < -0.3 is 9.84 Å². The van der Waals surface area contributed by atoms with Gasteiger partial charge in [0.15, 0.2) is 0 Å². The van der Waals surface area contributed by atoms with Crippen LogP contribution >= 0.6 is 0 Å². The Bertz CT molecular complexity index is 501. The predicted octanol–water partition coefficient (Wildman–Crippen LogP) is 1.55. The first-order chi connectivity index (χ1) is 10.1. The zero-order valence-electron chi connectivity index (χ0n) is 12.1. The zero-order valence-corrected chi connectivity index (χ0v) is 12.1. The summed E-state index contributed by atoms with van der Waals surface area (Å²) in [7, 11) is 0. The van der Waals surface area contributed by atoms with Gasteiger partial charge in [-0.3, -0.25) is 9.69 Å². The minimum atomic E-state index is -1.03. The number of likely N-dealkylation sites (tertiary alicyclic amines) is 1. The predicted molar refractivity (Wildman–Crippen MR) is 75.8 cm³/mol. The van der Waals surface area contributed by atoms with Crippen LogP contribution in [0.5, 0.6) is 0 Å². The van der Waals surface area contributed by atoms with Crippen molar-refractivity contribution in [2.45, 2.75) is 26.3 Å². The Morgan fingerprint density at radius 1 is 1.48 bits per heavy atom. The fourth-order valence-corrected chi connectivity index (χ4v) is 2.55. The van der Waals surface area contributed by atoms with Crippen molar-refractivity contribution >= 4 is 11.9 Å². The Balaban J connectivity index is 1.93. The van der Waals surface area contributed by atoms with Crippen molar-refractivity contribution in [2.24, 2.45) is 5.92 Å². The van der Waals surface area contributed by atoms with Crippen molar-refractivity contribution in [2.75, 3.05) is 19.7 Å². The van der Waals surface area contributed by atoms with Crippen LogP contribution in [0.4, 0.5) is 0 Å². The van der Waals surface area contributed by atoms with Crippen molar-refractivity contribution in [3.8, 4) is 0 Å². The van der Waals surface area contributed by atoms with Gasteiger partial charge in [-0.15, -0.1) is 0 Å². The van der Waals surface area contributed by atoms with Gasteiger partial charge >= 0.3 is 11.9 Å². The number of carboxylic acids is 1. The summed E-state index contributed by atoms with van der Waals surface area (Å²) in [5.74, 6) is -1.21. The van der Waals surface area contributed by atoms with E-state index in [0.29, 0.717) is 19.7 Å². The zero-order chi connectivity index (χ0) is 15.2. The maximum Gasteiger partial charge on any atom is 0.354 e. The molecule has 0 spiro atoms. The molecule has 1 fully saturated rings. The van der Waals surface area contributed by atoms with E-state index in [1.54, 1.807) is 12.3 Å². The van der Waals surface area contributed by atoms with E-state index in [1.807, 2.05) is 6.92 Å². The standard InChI is InChI=1S/C15H20N2O4/c1-2-21-15(20)12-4-3-7-17(10-12)9-11-5-6-13(14(18)19)16-8-11/h5-6,8,12H,2-4,7,9-10H2,1H3,(H,18,19). The maximum atomic E-state index is 11.8. The van der Waals surface area contributed by atoms with Crippen molar-refractivity contribution in [1.82, 2.24) is 9.88 Å². The molecular weight excluding hydrogens is 272 g/mol. The number of aromatic carboxylic acids is 1. The van der Waals surface area contributed by atoms with Crippen molar-refractivity contribution < 1.29 is 19.4 Å². The van der Waals surface area contributed by atoms with Crippen LogP contribution in [0.3, 0.4) is 0 Å². The summed E-state index contributed by atoms with van der Waals surface area (Å²) in [6, 6.07) is 3.27. The van der Waals surface area contributed by atoms with Crippen LogP contribution in [0.2, 0.25) is 0 Å². The molecule has 1 aromatic rings. The molecule has 0 saturated carbocycles. The van der Waals surface area contributed by atoms with Gasteiger partial charge in [0, 0.05) is 19.3 Å². The van der Waals surface area contributed by atoms with Crippen LogP contribution in [0, 0.1) is 5.92 Å². The first-order valence-corrected chi connectivity index (χ1v) is 7.17. The second-order valence-corrected chi connectivity index (χ2v) is 5.18. The molecule has 2 rings (SSSR count). The van der Waals surface area contributed by atoms with Crippen molar-refractivity contribution in [3.05, 3.63) is 29.6 Å². The SMILES string of the molecule is CCOC(=O)C1CCCN(Cc2ccc(C(=O)O)nc2)C1. The lowest BCUT2D eigenvalue weighted by Gasteiger charge is -2.31. The van der Waals surface area contributed by atoms with E-state index in [2.05, 4.69) is 9.88 Å². The third kappa shape index (κ3) is 4.26. The number of carbonyl (C=O) groups excluding carboxylic acids is 1. The van der Waals surface area contributed by atoms with E-state index < -0.39 is 5.97 Å². The number of pyridine rings is 1. The number of ether oxygens (including phenoxy) is 1. The molecule has 1 aliphatic rings. The minimum absolute atomic E-state index is 0.0433. The second-order valence-electron chi connectivity index (χ2n) is 5.18. The molecule has 2 heterocycles. The smallest absolute Gasteiger partial charge is 0.354 e. The Kier molecular flexibility index (Phi) is 5.27. The molecule has 21 heavy (non-hydrogen) atoms. The lowest BCUT2D eigenvalue weighted by atomic mass is 9.98. The first-order valence-electron chi connectivity index (χ1n) is 7.17. The summed E-state index contributed by atoms with van der Waals surface area (Å²) >= 11 is 0. The number of hydrogen-bond donors (Lipinski definition) is 1. The molecule has 0 bridgehead atoms. The van der Waals surface area contributed by atoms with Crippen LogP contribution in [0.25, 0.3) is 0 Å². The molecule has 6 nitrogen and oxygen atoms in total. The highest BCUT2D eigenvalue weighted by Gasteiger charge is 2.26. The van der Waals surface area contributed by atoms with Gasteiger partial charge in [-0.05, 0) is 37.9 Å². The number of rotatable bonds is 5. The molecule has 1 aromatic heterocycles. The minimum Gasteiger partial charge on any atom is -0.477 e. The van der Waals surface area contributed by atoms with E-state index in [4.69, 9.17) is 9.84 Å². The third-order valence-corrected chi connectivity index (χ3v) is 3.58. The molecule has 1 unspecified atom stereocenters. The van der Waals surface area contributed by atoms with Gasteiger partial charge in [-0.25, -0.2) is 9.78 Å². The molecule has 0 amide bonds. The second kappa shape index (κ2) is 7.17. The Labute approximate surface area is 123 Å². The van der Waals surface area contributed by atoms with Crippen LogP contribution in [-0.2, 0) is 16.1 Å². The van der Waals surface area contributed by atoms with Gasteiger partial charge in [0.1, 0.15) is 5.69 Å². The lowest BCUT2D eigenvalue weighted by Crippen LogP contribution is -2.38. The maximum absolute atomic E-state index is 11.8. The average molecular weight is 292 g/mol. The fourth-order valence-electron chi connectivity index (χ4n) is 2.55. The summed E-state index contributed by atoms with van der Waals surface area (Å²) < 4.78 is 5.08. The van der Waals surface area contributed by atoms with Gasteiger partial charge in [0.25, 0.3) is 0 Å². The molecule has 1 saturated heterocycles. The van der Waals surface area contributed by atoms with Crippen LogP contribution < -0.4 is 0 Å². The lowest BCUT2D eigenvalue weighted by molar-refractivity contribution is -0.150. The van der Waals surface area contributed by atoms with Crippen molar-refractivity contribution in [3.63, 3.8) is 0 Å². The molecule has 0 aromatic carbocycles. The van der Waals surface area contributed by atoms with Crippen molar-refractivity contribution in [1.29, 1.82) is 0 Å². The van der Waals surface area contributed by atoms with Crippen LogP contribution in [0.15, 0.2) is 18.3 Å². The quantitative estimate of drug-likeness (QED) is 0.830. The van der Waals surface area contributed by atoms with E-state index in [-0.39, 0.29) is 17.6 Å². The van der Waals surface area contributed by atoms with Crippen LogP contribution in [0.1, 0.15) is 35.8 Å². The summed E-state index contributed by atoms with van der Waals surface area (Å²) in [5.41, 5.74) is 0.992. The first kappa shape index (κ1) is 15.4. The normalized spacial score (nSPS) is 19.2. The molecule has 1 atom stereocenters. The Morgan fingerprint density at radius 2 is 2.29 bits per heavy atom. The number of esters is 1. The highest BCUT2D eigenvalue weighted by molar-refractivity contribution is 5.85. The molecule has 1 N–H and O–H groups in total. The number of aromatic nitrogens is 1. The highest BCUT2D eigenvalue weighted by atomic mass is 16.5. The van der Waals surface area contributed by atoms with E-state index >= 15 is 0 Å². The molecule has 0 radical (unpaired) electrons.